The molecular formula is C26H26N2O4. The van der Waals surface area contributed by atoms with Crippen LogP contribution in [-0.2, 0) is 16.1 Å². The van der Waals surface area contributed by atoms with Crippen LogP contribution in [0.25, 0.3) is 0 Å². The van der Waals surface area contributed by atoms with Crippen molar-refractivity contribution in [2.45, 2.75) is 26.3 Å². The van der Waals surface area contributed by atoms with Gasteiger partial charge in [-0.05, 0) is 49.2 Å². The Morgan fingerprint density at radius 2 is 1.84 bits per heavy atom. The standard InChI is InChI=1S/C26H26N2O4/c1-19-9-11-20(12-10-19)17-28-23-16-21(13-14-24(23)32-18-26(28)30)27-25(29)8-5-15-31-22-6-3-2-4-7-22/h2-4,6-7,9-14,16H,5,8,15,17-18H2,1H3,(H,27,29). The minimum absolute atomic E-state index is 0.00593. The van der Waals surface area contributed by atoms with Crippen molar-refractivity contribution in [3.8, 4) is 11.5 Å². The summed E-state index contributed by atoms with van der Waals surface area (Å²) >= 11 is 0. The first-order chi connectivity index (χ1) is 15.6. The molecule has 3 aromatic rings. The second-order valence-electron chi connectivity index (χ2n) is 7.75. The summed E-state index contributed by atoms with van der Waals surface area (Å²) < 4.78 is 11.2. The summed E-state index contributed by atoms with van der Waals surface area (Å²) in [6.45, 7) is 2.95. The Bertz CT molecular complexity index is 1080. The number of carbonyl (C=O) groups excluding carboxylic acids is 2. The first kappa shape index (κ1) is 21.4. The van der Waals surface area contributed by atoms with E-state index in [0.717, 1.165) is 11.3 Å². The molecule has 0 atom stereocenters. The Kier molecular flexibility index (Phi) is 6.70. The van der Waals surface area contributed by atoms with Gasteiger partial charge in [0.1, 0.15) is 11.5 Å². The Hall–Kier alpha value is -3.80. The normalized spacial score (nSPS) is 12.7. The number of fused-ring (bicyclic) bond motifs is 1. The Morgan fingerprint density at radius 3 is 2.62 bits per heavy atom. The minimum Gasteiger partial charge on any atom is -0.494 e. The summed E-state index contributed by atoms with van der Waals surface area (Å²) in [6, 6.07) is 23.0. The van der Waals surface area contributed by atoms with Crippen LogP contribution in [0.5, 0.6) is 11.5 Å². The van der Waals surface area contributed by atoms with E-state index in [1.165, 1.54) is 5.56 Å². The molecule has 0 fully saturated rings. The van der Waals surface area contributed by atoms with Crippen molar-refractivity contribution in [1.29, 1.82) is 0 Å². The number of rotatable bonds is 8. The van der Waals surface area contributed by atoms with Crippen molar-refractivity contribution >= 4 is 23.2 Å². The lowest BCUT2D eigenvalue weighted by atomic mass is 10.1. The van der Waals surface area contributed by atoms with E-state index in [9.17, 15) is 9.59 Å². The summed E-state index contributed by atoms with van der Waals surface area (Å²) in [7, 11) is 0. The molecule has 2 amide bonds. The van der Waals surface area contributed by atoms with E-state index in [4.69, 9.17) is 9.47 Å². The number of hydrogen-bond acceptors (Lipinski definition) is 4. The van der Waals surface area contributed by atoms with Crippen molar-refractivity contribution in [1.82, 2.24) is 0 Å². The third-order valence-electron chi connectivity index (χ3n) is 5.21. The topological polar surface area (TPSA) is 67.9 Å². The Morgan fingerprint density at radius 1 is 1.06 bits per heavy atom. The summed E-state index contributed by atoms with van der Waals surface area (Å²) in [4.78, 5) is 26.6. The molecule has 0 radical (unpaired) electrons. The molecule has 0 aliphatic carbocycles. The van der Waals surface area contributed by atoms with E-state index in [2.05, 4.69) is 5.32 Å². The van der Waals surface area contributed by atoms with Gasteiger partial charge in [-0.3, -0.25) is 9.59 Å². The lowest BCUT2D eigenvalue weighted by molar-refractivity contribution is -0.121. The van der Waals surface area contributed by atoms with Gasteiger partial charge in [-0.15, -0.1) is 0 Å². The van der Waals surface area contributed by atoms with E-state index in [-0.39, 0.29) is 18.4 Å². The molecule has 3 aromatic carbocycles. The molecule has 1 heterocycles. The minimum atomic E-state index is -0.111. The zero-order valence-electron chi connectivity index (χ0n) is 18.0. The molecule has 1 aliphatic rings. The number of para-hydroxylation sites is 1. The molecule has 0 unspecified atom stereocenters. The van der Waals surface area contributed by atoms with Gasteiger partial charge in [0.2, 0.25) is 5.91 Å². The fraction of sp³-hybridized carbons (Fsp3) is 0.231. The van der Waals surface area contributed by atoms with Crippen LogP contribution < -0.4 is 19.7 Å². The van der Waals surface area contributed by atoms with Crippen LogP contribution in [-0.4, -0.2) is 25.0 Å². The summed E-state index contributed by atoms with van der Waals surface area (Å²) in [5, 5.41) is 2.91. The molecule has 0 aromatic heterocycles. The summed E-state index contributed by atoms with van der Waals surface area (Å²) in [6.07, 6.45) is 0.944. The first-order valence-corrected chi connectivity index (χ1v) is 10.7. The van der Waals surface area contributed by atoms with Gasteiger partial charge in [-0.1, -0.05) is 48.0 Å². The van der Waals surface area contributed by atoms with Crippen LogP contribution in [0, 0.1) is 6.92 Å². The van der Waals surface area contributed by atoms with Crippen LogP contribution in [0.2, 0.25) is 0 Å². The maximum atomic E-state index is 12.6. The number of amides is 2. The van der Waals surface area contributed by atoms with Crippen molar-refractivity contribution in [2.24, 2.45) is 0 Å². The second-order valence-corrected chi connectivity index (χ2v) is 7.75. The molecule has 164 valence electrons. The van der Waals surface area contributed by atoms with Crippen LogP contribution in [0.4, 0.5) is 11.4 Å². The van der Waals surface area contributed by atoms with Gasteiger partial charge < -0.3 is 19.7 Å². The van der Waals surface area contributed by atoms with Gasteiger partial charge in [0.25, 0.3) is 5.91 Å². The fourth-order valence-corrected chi connectivity index (χ4v) is 3.49. The molecule has 0 spiro atoms. The lowest BCUT2D eigenvalue weighted by Gasteiger charge is -2.30. The molecule has 4 rings (SSSR count). The molecule has 0 saturated heterocycles. The predicted molar refractivity (Wildman–Crippen MR) is 124 cm³/mol. The van der Waals surface area contributed by atoms with Gasteiger partial charge in [0.05, 0.1) is 18.8 Å². The quantitative estimate of drug-likeness (QED) is 0.525. The van der Waals surface area contributed by atoms with Crippen molar-refractivity contribution in [3.63, 3.8) is 0 Å². The number of hydrogen-bond donors (Lipinski definition) is 1. The molecule has 32 heavy (non-hydrogen) atoms. The predicted octanol–water partition coefficient (Wildman–Crippen LogP) is 4.72. The van der Waals surface area contributed by atoms with Gasteiger partial charge in [-0.25, -0.2) is 0 Å². The zero-order valence-corrected chi connectivity index (χ0v) is 18.0. The monoisotopic (exact) mass is 430 g/mol. The van der Waals surface area contributed by atoms with Gasteiger partial charge >= 0.3 is 0 Å². The Labute approximate surface area is 187 Å². The summed E-state index contributed by atoms with van der Waals surface area (Å²) in [5.41, 5.74) is 3.49. The molecule has 0 saturated carbocycles. The highest BCUT2D eigenvalue weighted by molar-refractivity contribution is 5.99. The maximum absolute atomic E-state index is 12.6. The number of anilines is 2. The third kappa shape index (κ3) is 5.46. The highest BCUT2D eigenvalue weighted by Gasteiger charge is 2.26. The van der Waals surface area contributed by atoms with Gasteiger partial charge in [0.15, 0.2) is 6.61 Å². The van der Waals surface area contributed by atoms with Crippen molar-refractivity contribution in [2.75, 3.05) is 23.4 Å². The number of ether oxygens (including phenoxy) is 2. The average Bonchev–Trinajstić information content (AvgIpc) is 2.81. The first-order valence-electron chi connectivity index (χ1n) is 10.7. The third-order valence-corrected chi connectivity index (χ3v) is 5.21. The number of benzene rings is 3. The molecule has 0 bridgehead atoms. The largest absolute Gasteiger partial charge is 0.494 e. The zero-order chi connectivity index (χ0) is 22.3. The SMILES string of the molecule is Cc1ccc(CN2C(=O)COc3ccc(NC(=O)CCCOc4ccccc4)cc32)cc1. The van der Waals surface area contributed by atoms with E-state index in [0.29, 0.717) is 43.1 Å². The summed E-state index contributed by atoms with van der Waals surface area (Å²) in [5.74, 6) is 1.21. The smallest absolute Gasteiger partial charge is 0.265 e. The maximum Gasteiger partial charge on any atom is 0.265 e. The van der Waals surface area contributed by atoms with Gasteiger partial charge in [0, 0.05) is 12.1 Å². The average molecular weight is 431 g/mol. The van der Waals surface area contributed by atoms with Crippen LogP contribution in [0.15, 0.2) is 72.8 Å². The molecule has 1 aliphatic heterocycles. The van der Waals surface area contributed by atoms with Crippen molar-refractivity contribution < 1.29 is 19.1 Å². The van der Waals surface area contributed by atoms with Crippen molar-refractivity contribution in [3.05, 3.63) is 83.9 Å². The van der Waals surface area contributed by atoms with E-state index in [1.54, 1.807) is 23.1 Å². The fourth-order valence-electron chi connectivity index (χ4n) is 3.49. The van der Waals surface area contributed by atoms with Crippen LogP contribution in [0.3, 0.4) is 0 Å². The lowest BCUT2D eigenvalue weighted by Crippen LogP contribution is -2.38. The highest BCUT2D eigenvalue weighted by Crippen LogP contribution is 2.35. The number of nitrogens with zero attached hydrogens (tertiary/aromatic N) is 1. The number of aryl methyl sites for hydroxylation is 1. The molecular weight excluding hydrogens is 404 g/mol. The van der Waals surface area contributed by atoms with Crippen LogP contribution in [0.1, 0.15) is 24.0 Å². The molecule has 1 N–H and O–H groups in total. The van der Waals surface area contributed by atoms with Crippen LogP contribution >= 0.6 is 0 Å². The highest BCUT2D eigenvalue weighted by atomic mass is 16.5. The van der Waals surface area contributed by atoms with Gasteiger partial charge in [-0.2, -0.15) is 0 Å². The van der Waals surface area contributed by atoms with E-state index >= 15 is 0 Å². The van der Waals surface area contributed by atoms with E-state index < -0.39 is 0 Å². The molecule has 6 heteroatoms. The number of nitrogens with one attached hydrogen (secondary N) is 1. The van der Waals surface area contributed by atoms with E-state index in [1.807, 2.05) is 61.5 Å². The second kappa shape index (κ2) is 10.0. The molecule has 6 nitrogen and oxygen atoms in total. The Balaban J connectivity index is 1.37. The number of carbonyl (C=O) groups is 2.